The molecule has 1 atom stereocenters. The van der Waals surface area contributed by atoms with Gasteiger partial charge in [-0.25, -0.2) is 0 Å². The number of thiol groups is 1. The van der Waals surface area contributed by atoms with Crippen molar-refractivity contribution in [2.45, 2.75) is 70.1 Å². The third-order valence-electron chi connectivity index (χ3n) is 4.90. The molecule has 0 amide bonds. The van der Waals surface area contributed by atoms with E-state index in [0.29, 0.717) is 0 Å². The third-order valence-corrected chi connectivity index (χ3v) is 5.18. The van der Waals surface area contributed by atoms with E-state index < -0.39 is 23.9 Å². The molecule has 1 aliphatic heterocycles. The van der Waals surface area contributed by atoms with E-state index in [1.54, 1.807) is 13.8 Å². The highest BCUT2D eigenvalue weighted by Gasteiger charge is 2.51. The summed E-state index contributed by atoms with van der Waals surface area (Å²) in [6.07, 6.45) is 0. The van der Waals surface area contributed by atoms with E-state index in [-0.39, 0.29) is 17.8 Å². The zero-order valence-electron chi connectivity index (χ0n) is 15.8. The highest BCUT2D eigenvalue weighted by molar-refractivity contribution is 7.81. The fraction of sp³-hybridized carbons (Fsp3) is 0.611. The summed E-state index contributed by atoms with van der Waals surface area (Å²) >= 11 is 4.31. The maximum absolute atomic E-state index is 11.9. The average Bonchev–Trinajstić information content (AvgIpc) is 2.72. The van der Waals surface area contributed by atoms with Crippen LogP contribution in [0.2, 0.25) is 0 Å². The van der Waals surface area contributed by atoms with E-state index in [0.717, 1.165) is 11.0 Å². The van der Waals surface area contributed by atoms with Crippen molar-refractivity contribution in [3.8, 4) is 0 Å². The zero-order valence-corrected chi connectivity index (χ0v) is 16.7. The maximum atomic E-state index is 11.9. The molecule has 0 bridgehead atoms. The lowest BCUT2D eigenvalue weighted by molar-refractivity contribution is -0.147. The average molecular weight is 365 g/mol. The Labute approximate surface area is 156 Å². The van der Waals surface area contributed by atoms with Crippen molar-refractivity contribution in [2.24, 2.45) is 5.73 Å². The molecule has 1 fully saturated rings. The Morgan fingerprint density at radius 2 is 1.68 bits per heavy atom. The minimum atomic E-state index is -0.778. The predicted octanol–water partition coefficient (Wildman–Crippen LogP) is 2.06. The van der Waals surface area contributed by atoms with Gasteiger partial charge >= 0.3 is 13.1 Å². The van der Waals surface area contributed by atoms with Crippen LogP contribution in [0.1, 0.15) is 47.1 Å². The lowest BCUT2D eigenvalue weighted by Crippen LogP contribution is -2.46. The summed E-state index contributed by atoms with van der Waals surface area (Å²) in [6, 6.07) is 6.86. The number of hydrogen-bond acceptors (Lipinski definition) is 6. The lowest BCUT2D eigenvalue weighted by Gasteiger charge is -2.32. The van der Waals surface area contributed by atoms with Crippen molar-refractivity contribution in [1.82, 2.24) is 0 Å². The van der Waals surface area contributed by atoms with Gasteiger partial charge in [-0.15, -0.1) is 0 Å². The smallest absolute Gasteiger partial charge is 0.460 e. The highest BCUT2D eigenvalue weighted by atomic mass is 32.1. The van der Waals surface area contributed by atoms with Gasteiger partial charge in [0.15, 0.2) is 0 Å². The molecule has 0 spiro atoms. The van der Waals surface area contributed by atoms with Gasteiger partial charge in [-0.05, 0) is 52.6 Å². The highest BCUT2D eigenvalue weighted by Crippen LogP contribution is 2.36. The molecule has 1 aliphatic rings. The number of nitrogens with two attached hydrogens (primary N) is 1. The van der Waals surface area contributed by atoms with Gasteiger partial charge in [-0.3, -0.25) is 4.79 Å². The van der Waals surface area contributed by atoms with Crippen LogP contribution in [0.5, 0.6) is 0 Å². The van der Waals surface area contributed by atoms with E-state index in [1.807, 2.05) is 52.0 Å². The molecule has 2 N–H and O–H groups in total. The number of rotatable bonds is 5. The van der Waals surface area contributed by atoms with Crippen molar-refractivity contribution >= 4 is 31.2 Å². The van der Waals surface area contributed by atoms with Crippen molar-refractivity contribution in [1.29, 1.82) is 0 Å². The quantitative estimate of drug-likeness (QED) is 0.475. The monoisotopic (exact) mass is 365 g/mol. The topological polar surface area (TPSA) is 70.8 Å². The minimum Gasteiger partial charge on any atom is -0.460 e. The standard InChI is InChI=1S/C18H28BNO4S/c1-16(2,25)14(20)15(21)22-11-12-7-9-13(10-8-12)19-23-17(3,4)18(5,6)24-19/h7-10,14,25H,11,20H2,1-6H3. The van der Waals surface area contributed by atoms with E-state index in [1.165, 1.54) is 0 Å². The van der Waals surface area contributed by atoms with Gasteiger partial charge in [0.1, 0.15) is 12.6 Å². The molecule has 2 rings (SSSR count). The van der Waals surface area contributed by atoms with Gasteiger partial charge in [-0.1, -0.05) is 24.3 Å². The summed E-state index contributed by atoms with van der Waals surface area (Å²) in [6.45, 7) is 11.8. The molecule has 7 heteroatoms. The first-order valence-corrected chi connectivity index (χ1v) is 8.87. The molecule has 1 heterocycles. The van der Waals surface area contributed by atoms with Gasteiger partial charge in [0.2, 0.25) is 0 Å². The van der Waals surface area contributed by atoms with Crippen LogP contribution >= 0.6 is 12.6 Å². The number of benzene rings is 1. The first-order chi connectivity index (χ1) is 11.3. The summed E-state index contributed by atoms with van der Waals surface area (Å²) in [5, 5.41) is 0. The Morgan fingerprint density at radius 3 is 2.12 bits per heavy atom. The van der Waals surface area contributed by atoms with Gasteiger partial charge in [0.05, 0.1) is 11.2 Å². The third kappa shape index (κ3) is 4.59. The van der Waals surface area contributed by atoms with Crippen LogP contribution in [0.3, 0.4) is 0 Å². The van der Waals surface area contributed by atoms with Crippen LogP contribution in [-0.4, -0.2) is 35.1 Å². The Morgan fingerprint density at radius 1 is 1.20 bits per heavy atom. The molecule has 25 heavy (non-hydrogen) atoms. The first kappa shape index (κ1) is 20.3. The summed E-state index contributed by atoms with van der Waals surface area (Å²) in [5.41, 5.74) is 6.89. The van der Waals surface area contributed by atoms with Gasteiger partial charge < -0.3 is 19.8 Å². The van der Waals surface area contributed by atoms with E-state index in [9.17, 15) is 4.79 Å². The maximum Gasteiger partial charge on any atom is 0.494 e. The Kier molecular flexibility index (Phi) is 5.64. The van der Waals surface area contributed by atoms with Crippen molar-refractivity contribution in [2.75, 3.05) is 0 Å². The second kappa shape index (κ2) is 6.95. The van der Waals surface area contributed by atoms with Crippen molar-refractivity contribution in [3.63, 3.8) is 0 Å². The zero-order chi connectivity index (χ0) is 19.0. The van der Waals surface area contributed by atoms with Crippen LogP contribution in [-0.2, 0) is 25.4 Å². The number of esters is 1. The van der Waals surface area contributed by atoms with Gasteiger partial charge in [-0.2, -0.15) is 12.6 Å². The molecule has 0 aliphatic carbocycles. The molecule has 0 radical (unpaired) electrons. The van der Waals surface area contributed by atoms with Gasteiger partial charge in [0.25, 0.3) is 0 Å². The molecule has 0 saturated carbocycles. The second-order valence-electron chi connectivity index (χ2n) is 8.07. The molecular weight excluding hydrogens is 337 g/mol. The molecule has 1 unspecified atom stereocenters. The Hall–Kier alpha value is -1.02. The van der Waals surface area contributed by atoms with Crippen molar-refractivity contribution < 1.29 is 18.8 Å². The molecule has 1 saturated heterocycles. The molecular formula is C18H28BNO4S. The Bertz CT molecular complexity index is 609. The van der Waals surface area contributed by atoms with E-state index in [2.05, 4.69) is 12.6 Å². The lowest BCUT2D eigenvalue weighted by atomic mass is 9.79. The second-order valence-corrected chi connectivity index (χ2v) is 9.22. The largest absolute Gasteiger partial charge is 0.494 e. The number of carbonyl (C=O) groups is 1. The fourth-order valence-corrected chi connectivity index (χ4v) is 2.39. The van der Waals surface area contributed by atoms with Crippen LogP contribution in [0.4, 0.5) is 0 Å². The number of hydrogen-bond donors (Lipinski definition) is 2. The van der Waals surface area contributed by atoms with Crippen LogP contribution < -0.4 is 11.2 Å². The predicted molar refractivity (Wildman–Crippen MR) is 103 cm³/mol. The minimum absolute atomic E-state index is 0.167. The van der Waals surface area contributed by atoms with E-state index in [4.69, 9.17) is 19.8 Å². The fourth-order valence-electron chi connectivity index (χ4n) is 2.28. The summed E-state index contributed by atoms with van der Waals surface area (Å²) in [5.74, 6) is -0.463. The normalized spacial score (nSPS) is 20.4. The molecule has 1 aromatic carbocycles. The first-order valence-electron chi connectivity index (χ1n) is 8.42. The van der Waals surface area contributed by atoms with Crippen molar-refractivity contribution in [3.05, 3.63) is 29.8 Å². The summed E-state index contributed by atoms with van der Waals surface area (Å²) in [7, 11) is -0.403. The van der Waals surface area contributed by atoms with E-state index >= 15 is 0 Å². The Balaban J connectivity index is 1.96. The molecule has 5 nitrogen and oxygen atoms in total. The van der Waals surface area contributed by atoms with Crippen LogP contribution in [0.25, 0.3) is 0 Å². The molecule has 1 aromatic rings. The van der Waals surface area contributed by atoms with Crippen LogP contribution in [0.15, 0.2) is 24.3 Å². The summed E-state index contributed by atoms with van der Waals surface area (Å²) < 4.78 is 16.7. The molecule has 0 aromatic heterocycles. The SMILES string of the molecule is CC(C)(S)C(N)C(=O)OCc1ccc(B2OC(C)(C)C(C)(C)O2)cc1. The number of carbonyl (C=O) groups excluding carboxylic acids is 1. The number of ether oxygens (including phenoxy) is 1. The van der Waals surface area contributed by atoms with Gasteiger partial charge in [0, 0.05) is 4.75 Å². The van der Waals surface area contributed by atoms with Crippen LogP contribution in [0, 0.1) is 0 Å². The summed E-state index contributed by atoms with van der Waals surface area (Å²) in [4.78, 5) is 11.9. The molecule has 138 valence electrons.